The van der Waals surface area contributed by atoms with Gasteiger partial charge in [-0.05, 0) is 0 Å². The maximum absolute atomic E-state index is 11.7. The van der Waals surface area contributed by atoms with Crippen molar-refractivity contribution in [3.05, 3.63) is 34.6 Å². The molecule has 2 aromatic rings. The van der Waals surface area contributed by atoms with Crippen LogP contribution in [0.1, 0.15) is 18.1 Å². The second-order valence-electron chi connectivity index (χ2n) is 2.93. The van der Waals surface area contributed by atoms with Crippen molar-refractivity contribution >= 4 is 30.3 Å². The standard InChI is InChI=1S/C10H9NO2Se/c1-2-9(12)11-10(13)7-5-3-4-6-8(7)14-11/h3-6H,2H2,1H3. The fraction of sp³-hybridized carbons (Fsp3) is 0.200. The molecule has 0 aliphatic heterocycles. The van der Waals surface area contributed by atoms with E-state index in [0.29, 0.717) is 11.8 Å². The van der Waals surface area contributed by atoms with Crippen LogP contribution in [0.5, 0.6) is 0 Å². The zero-order chi connectivity index (χ0) is 10.1. The molecule has 2 rings (SSSR count). The third-order valence-corrected chi connectivity index (χ3v) is 4.34. The normalized spacial score (nSPS) is 10.6. The molecule has 0 fully saturated rings. The van der Waals surface area contributed by atoms with Crippen molar-refractivity contribution in [2.45, 2.75) is 13.3 Å². The summed E-state index contributed by atoms with van der Waals surface area (Å²) in [6.07, 6.45) is 0.390. The van der Waals surface area contributed by atoms with Gasteiger partial charge in [-0.15, -0.1) is 0 Å². The summed E-state index contributed by atoms with van der Waals surface area (Å²) >= 11 is -0.152. The molecule has 0 amide bonds. The third-order valence-electron chi connectivity index (χ3n) is 2.02. The summed E-state index contributed by atoms with van der Waals surface area (Å²) in [6, 6.07) is 7.42. The van der Waals surface area contributed by atoms with Gasteiger partial charge in [0.25, 0.3) is 0 Å². The minimum absolute atomic E-state index is 0.0776. The second-order valence-corrected chi connectivity index (χ2v) is 5.01. The number of aromatic nitrogens is 1. The molecular formula is C10H9NO2Se. The first-order chi connectivity index (χ1) is 6.74. The number of benzene rings is 1. The van der Waals surface area contributed by atoms with Crippen molar-refractivity contribution in [1.82, 2.24) is 3.56 Å². The Bertz CT molecular complexity index is 538. The number of fused-ring (bicyclic) bond motifs is 1. The molecule has 0 unspecified atom stereocenters. The van der Waals surface area contributed by atoms with Gasteiger partial charge in [-0.25, -0.2) is 0 Å². The molecule has 0 aliphatic rings. The molecule has 0 spiro atoms. The fourth-order valence-corrected chi connectivity index (χ4v) is 3.38. The van der Waals surface area contributed by atoms with E-state index in [1.54, 1.807) is 13.0 Å². The molecule has 0 atom stereocenters. The molecule has 0 bridgehead atoms. The van der Waals surface area contributed by atoms with Gasteiger partial charge in [-0.3, -0.25) is 0 Å². The van der Waals surface area contributed by atoms with Crippen LogP contribution in [0.15, 0.2) is 29.1 Å². The van der Waals surface area contributed by atoms with Crippen molar-refractivity contribution < 1.29 is 4.79 Å². The number of hydrogen-bond acceptors (Lipinski definition) is 2. The van der Waals surface area contributed by atoms with Gasteiger partial charge in [0.1, 0.15) is 0 Å². The van der Waals surface area contributed by atoms with E-state index in [-0.39, 0.29) is 26.2 Å². The number of hydrogen-bond donors (Lipinski definition) is 0. The summed E-state index contributed by atoms with van der Waals surface area (Å²) in [5.41, 5.74) is -0.132. The van der Waals surface area contributed by atoms with E-state index < -0.39 is 0 Å². The number of nitrogens with zero attached hydrogens (tertiary/aromatic N) is 1. The molecule has 0 radical (unpaired) electrons. The van der Waals surface area contributed by atoms with Crippen LogP contribution in [-0.4, -0.2) is 24.2 Å². The van der Waals surface area contributed by atoms with Crippen molar-refractivity contribution in [2.75, 3.05) is 0 Å². The van der Waals surface area contributed by atoms with Crippen LogP contribution < -0.4 is 5.56 Å². The number of carbonyl (C=O) groups is 1. The molecule has 0 aliphatic carbocycles. The van der Waals surface area contributed by atoms with Gasteiger partial charge >= 0.3 is 86.6 Å². The van der Waals surface area contributed by atoms with E-state index in [4.69, 9.17) is 0 Å². The van der Waals surface area contributed by atoms with Crippen LogP contribution in [0.3, 0.4) is 0 Å². The summed E-state index contributed by atoms with van der Waals surface area (Å²) in [7, 11) is 0. The average Bonchev–Trinajstić information content (AvgIpc) is 2.56. The van der Waals surface area contributed by atoms with Gasteiger partial charge in [-0.1, -0.05) is 0 Å². The zero-order valence-corrected chi connectivity index (χ0v) is 9.40. The molecule has 0 saturated carbocycles. The van der Waals surface area contributed by atoms with Crippen molar-refractivity contribution in [2.24, 2.45) is 0 Å². The predicted molar refractivity (Wildman–Crippen MR) is 56.1 cm³/mol. The predicted octanol–water partition coefficient (Wildman–Crippen LogP) is 1.11. The van der Waals surface area contributed by atoms with Crippen molar-refractivity contribution in [3.63, 3.8) is 0 Å². The first kappa shape index (κ1) is 9.44. The van der Waals surface area contributed by atoms with Crippen LogP contribution >= 0.6 is 0 Å². The van der Waals surface area contributed by atoms with E-state index in [9.17, 15) is 9.59 Å². The number of carbonyl (C=O) groups excluding carboxylic acids is 1. The number of rotatable bonds is 1. The Labute approximate surface area is 86.9 Å². The van der Waals surface area contributed by atoms with E-state index in [1.165, 1.54) is 3.56 Å². The van der Waals surface area contributed by atoms with Crippen molar-refractivity contribution in [3.8, 4) is 0 Å². The molecule has 0 N–H and O–H groups in total. The van der Waals surface area contributed by atoms with Crippen LogP contribution in [-0.2, 0) is 0 Å². The summed E-state index contributed by atoms with van der Waals surface area (Å²) in [6.45, 7) is 1.77. The van der Waals surface area contributed by atoms with Crippen LogP contribution in [0, 0.1) is 0 Å². The van der Waals surface area contributed by atoms with E-state index >= 15 is 0 Å². The fourth-order valence-electron chi connectivity index (χ4n) is 1.28. The van der Waals surface area contributed by atoms with Crippen LogP contribution in [0.4, 0.5) is 0 Å². The Kier molecular flexibility index (Phi) is 2.40. The second kappa shape index (κ2) is 3.56. The molecule has 1 aromatic carbocycles. The minimum atomic E-state index is -0.152. The molecule has 3 nitrogen and oxygen atoms in total. The van der Waals surface area contributed by atoms with Crippen molar-refractivity contribution in [1.29, 1.82) is 0 Å². The Morgan fingerprint density at radius 2 is 2.14 bits per heavy atom. The van der Waals surface area contributed by atoms with E-state index in [1.807, 2.05) is 18.2 Å². The quantitative estimate of drug-likeness (QED) is 0.715. The van der Waals surface area contributed by atoms with Gasteiger partial charge in [-0.2, -0.15) is 0 Å². The van der Waals surface area contributed by atoms with Gasteiger partial charge < -0.3 is 0 Å². The Morgan fingerprint density at radius 3 is 2.79 bits per heavy atom. The summed E-state index contributed by atoms with van der Waals surface area (Å²) in [5.74, 6) is -0.0776. The first-order valence-corrected chi connectivity index (χ1v) is 6.00. The topological polar surface area (TPSA) is 39.1 Å². The Balaban J connectivity index is 2.75. The molecule has 4 heteroatoms. The SMILES string of the molecule is CCC(=O)n1[se]c2ccccc2c1=O. The van der Waals surface area contributed by atoms with Gasteiger partial charge in [0, 0.05) is 0 Å². The summed E-state index contributed by atoms with van der Waals surface area (Å²) in [4.78, 5) is 23.1. The average molecular weight is 254 g/mol. The Morgan fingerprint density at radius 1 is 1.43 bits per heavy atom. The monoisotopic (exact) mass is 255 g/mol. The first-order valence-electron chi connectivity index (χ1n) is 4.38. The molecular weight excluding hydrogens is 245 g/mol. The maximum atomic E-state index is 11.7. The van der Waals surface area contributed by atoms with E-state index in [0.717, 1.165) is 4.26 Å². The zero-order valence-electron chi connectivity index (χ0n) is 7.69. The van der Waals surface area contributed by atoms with Gasteiger partial charge in [0.2, 0.25) is 0 Å². The van der Waals surface area contributed by atoms with Crippen LogP contribution in [0.25, 0.3) is 9.65 Å². The molecule has 14 heavy (non-hydrogen) atoms. The third kappa shape index (κ3) is 1.37. The van der Waals surface area contributed by atoms with Gasteiger partial charge in [0.05, 0.1) is 0 Å². The Hall–Kier alpha value is -1.12. The van der Waals surface area contributed by atoms with Gasteiger partial charge in [0.15, 0.2) is 0 Å². The molecule has 0 saturated heterocycles. The van der Waals surface area contributed by atoms with E-state index in [2.05, 4.69) is 0 Å². The van der Waals surface area contributed by atoms with Crippen LogP contribution in [0.2, 0.25) is 0 Å². The summed E-state index contributed by atoms with van der Waals surface area (Å²) in [5, 5.41) is 0.689. The molecule has 72 valence electrons. The molecule has 1 aromatic heterocycles. The molecule has 1 heterocycles. The summed E-state index contributed by atoms with van der Waals surface area (Å²) < 4.78 is 2.38.